The van der Waals surface area contributed by atoms with E-state index in [9.17, 15) is 9.59 Å². The third kappa shape index (κ3) is 2.82. The fourth-order valence-electron chi connectivity index (χ4n) is 2.13. The Morgan fingerprint density at radius 1 is 1.25 bits per heavy atom. The minimum Gasteiger partial charge on any atom is -0.378 e. The first-order chi connectivity index (χ1) is 9.58. The molecule has 1 aromatic carbocycles. The third-order valence-electron chi connectivity index (χ3n) is 3.63. The molecule has 5 nitrogen and oxygen atoms in total. The van der Waals surface area contributed by atoms with E-state index in [2.05, 4.69) is 24.5 Å². The molecule has 1 aliphatic rings. The fourth-order valence-corrected chi connectivity index (χ4v) is 2.13. The maximum absolute atomic E-state index is 12.2. The first-order valence-electron chi connectivity index (χ1n) is 6.85. The molecule has 1 heterocycles. The highest BCUT2D eigenvalue weighted by Gasteiger charge is 2.48. The minimum absolute atomic E-state index is 0.138. The summed E-state index contributed by atoms with van der Waals surface area (Å²) in [6, 6.07) is 8.69. The van der Waals surface area contributed by atoms with E-state index in [1.165, 1.54) is 0 Å². The zero-order valence-electron chi connectivity index (χ0n) is 11.8. The maximum Gasteiger partial charge on any atom is 0.322 e. The van der Waals surface area contributed by atoms with Crippen LogP contribution in [-0.2, 0) is 15.1 Å². The van der Waals surface area contributed by atoms with E-state index in [1.54, 1.807) is 0 Å². The number of carbonyl (C=O) groups excluding carboxylic acids is 2. The van der Waals surface area contributed by atoms with Crippen molar-refractivity contribution in [3.05, 3.63) is 35.9 Å². The molecule has 2 rings (SSSR count). The number of carbonyl (C=O) groups is 2. The van der Waals surface area contributed by atoms with Crippen LogP contribution in [0.1, 0.15) is 25.8 Å². The predicted octanol–water partition coefficient (Wildman–Crippen LogP) is 1.78. The zero-order valence-corrected chi connectivity index (χ0v) is 11.8. The van der Waals surface area contributed by atoms with Gasteiger partial charge in [0.25, 0.3) is 5.91 Å². The first kappa shape index (κ1) is 14.5. The lowest BCUT2D eigenvalue weighted by atomic mass is 9.91. The van der Waals surface area contributed by atoms with E-state index in [0.29, 0.717) is 12.5 Å². The predicted molar refractivity (Wildman–Crippen MR) is 75.1 cm³/mol. The van der Waals surface area contributed by atoms with E-state index in [1.807, 2.05) is 30.3 Å². The van der Waals surface area contributed by atoms with Crippen LogP contribution < -0.4 is 10.6 Å². The van der Waals surface area contributed by atoms with Crippen molar-refractivity contribution in [3.8, 4) is 0 Å². The van der Waals surface area contributed by atoms with Crippen molar-refractivity contribution in [2.75, 3.05) is 13.2 Å². The van der Waals surface area contributed by atoms with E-state index in [-0.39, 0.29) is 12.5 Å². The van der Waals surface area contributed by atoms with Gasteiger partial charge < -0.3 is 10.1 Å². The van der Waals surface area contributed by atoms with Gasteiger partial charge in [-0.1, -0.05) is 50.6 Å². The molecular weight excluding hydrogens is 256 g/mol. The summed E-state index contributed by atoms with van der Waals surface area (Å²) >= 11 is 0. The monoisotopic (exact) mass is 276 g/mol. The van der Waals surface area contributed by atoms with Crippen molar-refractivity contribution >= 4 is 11.9 Å². The highest BCUT2D eigenvalue weighted by atomic mass is 16.5. The summed E-state index contributed by atoms with van der Waals surface area (Å²) in [7, 11) is 0. The van der Waals surface area contributed by atoms with Crippen LogP contribution in [0.25, 0.3) is 0 Å². The Morgan fingerprint density at radius 3 is 2.50 bits per heavy atom. The van der Waals surface area contributed by atoms with Crippen LogP contribution in [0.5, 0.6) is 0 Å². The summed E-state index contributed by atoms with van der Waals surface area (Å²) < 4.78 is 5.67. The fraction of sp³-hybridized carbons (Fsp3) is 0.467. The Morgan fingerprint density at radius 2 is 1.95 bits per heavy atom. The van der Waals surface area contributed by atoms with Crippen LogP contribution in [-0.4, -0.2) is 25.2 Å². The molecule has 3 amide bonds. The molecule has 2 N–H and O–H groups in total. The average Bonchev–Trinajstić information content (AvgIpc) is 2.75. The summed E-state index contributed by atoms with van der Waals surface area (Å²) in [4.78, 5) is 23.7. The van der Waals surface area contributed by atoms with Gasteiger partial charge in [-0.3, -0.25) is 10.1 Å². The van der Waals surface area contributed by atoms with Crippen LogP contribution in [0.15, 0.2) is 30.3 Å². The molecule has 1 fully saturated rings. The highest BCUT2D eigenvalue weighted by Crippen LogP contribution is 2.25. The van der Waals surface area contributed by atoms with Gasteiger partial charge in [0.1, 0.15) is 0 Å². The number of urea groups is 1. The second-order valence-electron chi connectivity index (χ2n) is 5.21. The molecule has 0 radical (unpaired) electrons. The molecule has 2 atom stereocenters. The summed E-state index contributed by atoms with van der Waals surface area (Å²) in [6.45, 7) is 4.88. The lowest BCUT2D eigenvalue weighted by Gasteiger charge is -2.26. The Labute approximate surface area is 118 Å². The van der Waals surface area contributed by atoms with E-state index < -0.39 is 11.6 Å². The quantitative estimate of drug-likeness (QED) is 0.778. The van der Waals surface area contributed by atoms with Crippen molar-refractivity contribution in [1.82, 2.24) is 10.6 Å². The van der Waals surface area contributed by atoms with Crippen molar-refractivity contribution in [3.63, 3.8) is 0 Å². The van der Waals surface area contributed by atoms with Gasteiger partial charge in [0.15, 0.2) is 5.54 Å². The number of hydrogen-bond acceptors (Lipinski definition) is 3. The number of hydrogen-bond donors (Lipinski definition) is 2. The number of amides is 3. The standard InChI is InChI=1S/C15H20N2O3/c1-3-11(2)9-20-10-15(12-7-5-4-6-8-12)13(18)16-14(19)17-15/h4-8,11H,3,9-10H2,1-2H3,(H2,16,17,18,19). The molecule has 0 aromatic heterocycles. The summed E-state index contributed by atoms with van der Waals surface area (Å²) in [5.74, 6) is 0.0563. The Hall–Kier alpha value is -1.88. The van der Waals surface area contributed by atoms with Gasteiger partial charge in [-0.15, -0.1) is 0 Å². The van der Waals surface area contributed by atoms with Gasteiger partial charge in [-0.05, 0) is 11.5 Å². The highest BCUT2D eigenvalue weighted by molar-refractivity contribution is 6.07. The topological polar surface area (TPSA) is 67.4 Å². The molecule has 2 unspecified atom stereocenters. The third-order valence-corrected chi connectivity index (χ3v) is 3.63. The summed E-state index contributed by atoms with van der Waals surface area (Å²) in [6.07, 6.45) is 1.01. The molecule has 108 valence electrons. The normalized spacial score (nSPS) is 23.3. The van der Waals surface area contributed by atoms with Crippen LogP contribution in [0.3, 0.4) is 0 Å². The summed E-state index contributed by atoms with van der Waals surface area (Å²) in [5.41, 5.74) is -0.390. The van der Waals surface area contributed by atoms with E-state index >= 15 is 0 Å². The van der Waals surface area contributed by atoms with Gasteiger partial charge in [-0.2, -0.15) is 0 Å². The van der Waals surface area contributed by atoms with Crippen LogP contribution >= 0.6 is 0 Å². The van der Waals surface area contributed by atoms with Crippen LogP contribution in [0, 0.1) is 5.92 Å². The van der Waals surface area contributed by atoms with Gasteiger partial charge in [0.05, 0.1) is 6.61 Å². The maximum atomic E-state index is 12.2. The van der Waals surface area contributed by atoms with Gasteiger partial charge in [0.2, 0.25) is 0 Å². The average molecular weight is 276 g/mol. The molecule has 1 saturated heterocycles. The van der Waals surface area contributed by atoms with Gasteiger partial charge in [0, 0.05) is 6.61 Å². The van der Waals surface area contributed by atoms with Crippen LogP contribution in [0.2, 0.25) is 0 Å². The van der Waals surface area contributed by atoms with Crippen molar-refractivity contribution in [1.29, 1.82) is 0 Å². The zero-order chi connectivity index (χ0) is 14.6. The minimum atomic E-state index is -1.12. The number of rotatable bonds is 6. The molecule has 1 aromatic rings. The van der Waals surface area contributed by atoms with Gasteiger partial charge in [-0.25, -0.2) is 4.79 Å². The molecule has 20 heavy (non-hydrogen) atoms. The van der Waals surface area contributed by atoms with Crippen molar-refractivity contribution < 1.29 is 14.3 Å². The second kappa shape index (κ2) is 6.05. The molecule has 0 bridgehead atoms. The smallest absolute Gasteiger partial charge is 0.322 e. The number of imide groups is 1. The summed E-state index contributed by atoms with van der Waals surface area (Å²) in [5, 5.41) is 4.99. The van der Waals surface area contributed by atoms with E-state index in [0.717, 1.165) is 12.0 Å². The first-order valence-corrected chi connectivity index (χ1v) is 6.85. The van der Waals surface area contributed by atoms with Crippen molar-refractivity contribution in [2.24, 2.45) is 5.92 Å². The molecule has 1 aliphatic heterocycles. The lowest BCUT2D eigenvalue weighted by Crippen LogP contribution is -2.48. The molecule has 0 saturated carbocycles. The molecule has 5 heteroatoms. The van der Waals surface area contributed by atoms with Crippen molar-refractivity contribution in [2.45, 2.75) is 25.8 Å². The Balaban J connectivity index is 2.18. The second-order valence-corrected chi connectivity index (χ2v) is 5.21. The SMILES string of the molecule is CCC(C)COCC1(c2ccccc2)NC(=O)NC1=O. The Kier molecular flexibility index (Phi) is 4.39. The number of benzene rings is 1. The van der Waals surface area contributed by atoms with Crippen LogP contribution in [0.4, 0.5) is 4.79 Å². The van der Waals surface area contributed by atoms with Gasteiger partial charge >= 0.3 is 6.03 Å². The molecular formula is C15H20N2O3. The lowest BCUT2D eigenvalue weighted by molar-refractivity contribution is -0.126. The number of ether oxygens (including phenoxy) is 1. The van der Waals surface area contributed by atoms with E-state index in [4.69, 9.17) is 4.74 Å². The largest absolute Gasteiger partial charge is 0.378 e. The number of nitrogens with one attached hydrogen (secondary N) is 2. The Bertz CT molecular complexity index is 489. The molecule has 0 spiro atoms. The molecule has 0 aliphatic carbocycles.